The molecule has 0 fully saturated rings. The topological polar surface area (TPSA) is 50.7 Å². The van der Waals surface area contributed by atoms with Crippen LogP contribution >= 0.6 is 0 Å². The quantitative estimate of drug-likeness (QED) is 0.674. The fourth-order valence-corrected chi connectivity index (χ4v) is 1.65. The molecule has 0 bridgehead atoms. The first kappa shape index (κ1) is 15.8. The third-order valence-electron chi connectivity index (χ3n) is 2.79. The van der Waals surface area contributed by atoms with E-state index in [-0.39, 0.29) is 6.61 Å². The van der Waals surface area contributed by atoms with Crippen molar-refractivity contribution in [3.8, 4) is 11.5 Å². The zero-order valence-electron chi connectivity index (χ0n) is 12.1. The molecule has 0 aliphatic heterocycles. The predicted octanol–water partition coefficient (Wildman–Crippen LogP) is 2.34. The average molecular weight is 267 g/mol. The van der Waals surface area contributed by atoms with Crippen LogP contribution in [0.3, 0.4) is 0 Å². The summed E-state index contributed by atoms with van der Waals surface area (Å²) in [6, 6.07) is 6.31. The van der Waals surface area contributed by atoms with Crippen molar-refractivity contribution in [2.75, 3.05) is 20.3 Å². The number of hydrogen-bond acceptors (Lipinski definition) is 4. The summed E-state index contributed by atoms with van der Waals surface area (Å²) in [6.45, 7) is 5.83. The van der Waals surface area contributed by atoms with Gasteiger partial charge in [-0.1, -0.05) is 19.9 Å². The molecular formula is C15H25NO3. The maximum Gasteiger partial charge on any atom is 0.127 e. The Labute approximate surface area is 115 Å². The second kappa shape index (κ2) is 8.77. The lowest BCUT2D eigenvalue weighted by atomic mass is 10.1. The van der Waals surface area contributed by atoms with Crippen LogP contribution in [0.2, 0.25) is 0 Å². The molecule has 1 rings (SSSR count). The summed E-state index contributed by atoms with van der Waals surface area (Å²) < 4.78 is 11.0. The summed E-state index contributed by atoms with van der Waals surface area (Å²) in [5.41, 5.74) is 1.12. The highest BCUT2D eigenvalue weighted by Gasteiger charge is 2.06. The van der Waals surface area contributed by atoms with Gasteiger partial charge >= 0.3 is 0 Å². The summed E-state index contributed by atoms with van der Waals surface area (Å²) in [7, 11) is 1.65. The van der Waals surface area contributed by atoms with Gasteiger partial charge in [0.2, 0.25) is 0 Å². The molecule has 0 saturated heterocycles. The summed E-state index contributed by atoms with van der Waals surface area (Å²) in [6.07, 6.45) is 1.62. The number of unbranched alkanes of at least 4 members (excludes halogenated alkanes) is 1. The van der Waals surface area contributed by atoms with Crippen LogP contribution in [-0.4, -0.2) is 31.5 Å². The molecular weight excluding hydrogens is 242 g/mol. The number of nitrogens with one attached hydrogen (secondary N) is 1. The summed E-state index contributed by atoms with van der Waals surface area (Å²) >= 11 is 0. The van der Waals surface area contributed by atoms with Gasteiger partial charge in [-0.15, -0.1) is 0 Å². The zero-order chi connectivity index (χ0) is 14.1. The molecule has 4 heteroatoms. The first-order valence-corrected chi connectivity index (χ1v) is 6.81. The first-order valence-electron chi connectivity index (χ1n) is 6.81. The van der Waals surface area contributed by atoms with Gasteiger partial charge in [0.25, 0.3) is 0 Å². The Morgan fingerprint density at radius 2 is 2.05 bits per heavy atom. The fraction of sp³-hybridized carbons (Fsp3) is 0.600. The van der Waals surface area contributed by atoms with Crippen LogP contribution in [0.4, 0.5) is 0 Å². The van der Waals surface area contributed by atoms with Gasteiger partial charge in [-0.3, -0.25) is 0 Å². The Morgan fingerprint density at radius 1 is 1.26 bits per heavy atom. The molecule has 0 aliphatic carbocycles. The summed E-state index contributed by atoms with van der Waals surface area (Å²) in [4.78, 5) is 0. The van der Waals surface area contributed by atoms with E-state index in [0.29, 0.717) is 12.6 Å². The highest BCUT2D eigenvalue weighted by Crippen LogP contribution is 2.25. The standard InChI is InChI=1S/C15H25NO3/c1-12(2)16-11-13-6-7-14(18-3)10-15(13)19-9-5-4-8-17/h6-7,10,12,16-17H,4-5,8-9,11H2,1-3H3. The minimum absolute atomic E-state index is 0.212. The number of rotatable bonds is 9. The van der Waals surface area contributed by atoms with Crippen molar-refractivity contribution in [1.29, 1.82) is 0 Å². The highest BCUT2D eigenvalue weighted by molar-refractivity contribution is 5.40. The molecule has 108 valence electrons. The van der Waals surface area contributed by atoms with Gasteiger partial charge in [-0.2, -0.15) is 0 Å². The second-order valence-corrected chi connectivity index (χ2v) is 4.79. The lowest BCUT2D eigenvalue weighted by Gasteiger charge is -2.15. The molecule has 1 aromatic carbocycles. The third kappa shape index (κ3) is 5.94. The average Bonchev–Trinajstić information content (AvgIpc) is 2.41. The van der Waals surface area contributed by atoms with Crippen LogP contribution in [0.25, 0.3) is 0 Å². The van der Waals surface area contributed by atoms with E-state index in [0.717, 1.165) is 36.4 Å². The largest absolute Gasteiger partial charge is 0.497 e. The highest BCUT2D eigenvalue weighted by atomic mass is 16.5. The van der Waals surface area contributed by atoms with E-state index in [4.69, 9.17) is 14.6 Å². The number of aliphatic hydroxyl groups is 1. The summed E-state index contributed by atoms with van der Waals surface area (Å²) in [5.74, 6) is 1.65. The number of hydrogen-bond donors (Lipinski definition) is 2. The van der Waals surface area contributed by atoms with Crippen molar-refractivity contribution in [3.05, 3.63) is 23.8 Å². The lowest BCUT2D eigenvalue weighted by Crippen LogP contribution is -2.22. The van der Waals surface area contributed by atoms with E-state index in [1.165, 1.54) is 0 Å². The van der Waals surface area contributed by atoms with Gasteiger partial charge in [0.1, 0.15) is 11.5 Å². The fourth-order valence-electron chi connectivity index (χ4n) is 1.65. The second-order valence-electron chi connectivity index (χ2n) is 4.79. The monoisotopic (exact) mass is 267 g/mol. The number of benzene rings is 1. The first-order chi connectivity index (χ1) is 9.17. The molecule has 0 heterocycles. The molecule has 0 spiro atoms. The van der Waals surface area contributed by atoms with E-state index >= 15 is 0 Å². The Morgan fingerprint density at radius 3 is 2.68 bits per heavy atom. The molecule has 0 unspecified atom stereocenters. The van der Waals surface area contributed by atoms with Crippen LogP contribution in [-0.2, 0) is 6.54 Å². The van der Waals surface area contributed by atoms with Gasteiger partial charge in [-0.05, 0) is 18.9 Å². The van der Waals surface area contributed by atoms with E-state index < -0.39 is 0 Å². The molecule has 0 aromatic heterocycles. The molecule has 0 amide bonds. The van der Waals surface area contributed by atoms with Gasteiger partial charge in [-0.25, -0.2) is 0 Å². The van der Waals surface area contributed by atoms with E-state index in [1.807, 2.05) is 18.2 Å². The Kier molecular flexibility index (Phi) is 7.30. The normalized spacial score (nSPS) is 10.8. The minimum Gasteiger partial charge on any atom is -0.497 e. The molecule has 0 aliphatic rings. The van der Waals surface area contributed by atoms with Crippen LogP contribution in [0, 0.1) is 0 Å². The Hall–Kier alpha value is -1.26. The molecule has 0 saturated carbocycles. The van der Waals surface area contributed by atoms with Crippen molar-refractivity contribution in [2.24, 2.45) is 0 Å². The zero-order valence-corrected chi connectivity index (χ0v) is 12.1. The minimum atomic E-state index is 0.212. The van der Waals surface area contributed by atoms with E-state index in [2.05, 4.69) is 19.2 Å². The Bertz CT molecular complexity index is 366. The van der Waals surface area contributed by atoms with E-state index in [1.54, 1.807) is 7.11 Å². The predicted molar refractivity (Wildman–Crippen MR) is 76.8 cm³/mol. The van der Waals surface area contributed by atoms with Crippen molar-refractivity contribution in [3.63, 3.8) is 0 Å². The van der Waals surface area contributed by atoms with Crippen molar-refractivity contribution >= 4 is 0 Å². The van der Waals surface area contributed by atoms with Gasteiger partial charge < -0.3 is 19.9 Å². The smallest absolute Gasteiger partial charge is 0.127 e. The van der Waals surface area contributed by atoms with Crippen LogP contribution < -0.4 is 14.8 Å². The maximum atomic E-state index is 8.76. The molecule has 1 aromatic rings. The van der Waals surface area contributed by atoms with Crippen molar-refractivity contribution < 1.29 is 14.6 Å². The van der Waals surface area contributed by atoms with E-state index in [9.17, 15) is 0 Å². The SMILES string of the molecule is COc1ccc(CNC(C)C)c(OCCCCO)c1. The van der Waals surface area contributed by atoms with Crippen molar-refractivity contribution in [1.82, 2.24) is 5.32 Å². The Balaban J connectivity index is 2.66. The molecule has 2 N–H and O–H groups in total. The summed E-state index contributed by atoms with van der Waals surface area (Å²) in [5, 5.41) is 12.1. The molecule has 0 atom stereocenters. The van der Waals surface area contributed by atoms with Crippen molar-refractivity contribution in [2.45, 2.75) is 39.3 Å². The van der Waals surface area contributed by atoms with Gasteiger partial charge in [0.05, 0.1) is 13.7 Å². The van der Waals surface area contributed by atoms with Crippen LogP contribution in [0.15, 0.2) is 18.2 Å². The number of aliphatic hydroxyl groups excluding tert-OH is 1. The molecule has 4 nitrogen and oxygen atoms in total. The molecule has 19 heavy (non-hydrogen) atoms. The third-order valence-corrected chi connectivity index (χ3v) is 2.79. The van der Waals surface area contributed by atoms with Crippen LogP contribution in [0.1, 0.15) is 32.3 Å². The molecule has 0 radical (unpaired) electrons. The van der Waals surface area contributed by atoms with Crippen LogP contribution in [0.5, 0.6) is 11.5 Å². The number of methoxy groups -OCH3 is 1. The van der Waals surface area contributed by atoms with Gasteiger partial charge in [0, 0.05) is 30.8 Å². The maximum absolute atomic E-state index is 8.76. The van der Waals surface area contributed by atoms with Gasteiger partial charge in [0.15, 0.2) is 0 Å². The lowest BCUT2D eigenvalue weighted by molar-refractivity contribution is 0.251. The number of ether oxygens (including phenoxy) is 2.